The number of para-hydroxylation sites is 1. The second-order valence-electron chi connectivity index (χ2n) is 19.3. The quantitative estimate of drug-likeness (QED) is 0.149. The molecule has 4 heteroatoms. The Labute approximate surface area is 388 Å². The van der Waals surface area contributed by atoms with Gasteiger partial charge in [-0.2, -0.15) is 0 Å². The van der Waals surface area contributed by atoms with E-state index in [9.17, 15) is 7.85 Å². The standard InChI is InChI=1S/C61H59N3O/c1-39(2)45-35-51(40(3)4)58(65)53(36-45)59-63-57-50(26-19-27-56(57)64(59)55-29-28-49(61(8,9)60(5,6)7)38-52(55)43-24-17-12-18-25-43)47-32-46(42-22-15-11-16-23-42)33-48(34-47)54-37-44(30-31-62-54)41-20-13-10-14-21-41/h10-40,65H,1-9H3/i39D,40D. The molecule has 65 heavy (non-hydrogen) atoms. The lowest BCUT2D eigenvalue weighted by molar-refractivity contribution is 0.225. The number of aromatic hydroxyl groups is 1. The molecule has 0 saturated heterocycles. The zero-order valence-corrected chi connectivity index (χ0v) is 39.0. The van der Waals surface area contributed by atoms with E-state index >= 15 is 0 Å². The molecule has 0 saturated carbocycles. The zero-order chi connectivity index (χ0) is 47.5. The number of benzene rings is 7. The van der Waals surface area contributed by atoms with E-state index in [4.69, 9.17) is 9.97 Å². The first-order valence-electron chi connectivity index (χ1n) is 23.6. The van der Waals surface area contributed by atoms with Crippen molar-refractivity contribution in [2.75, 3.05) is 0 Å². The topological polar surface area (TPSA) is 50.9 Å². The van der Waals surface area contributed by atoms with Gasteiger partial charge in [-0.15, -0.1) is 0 Å². The molecule has 0 spiro atoms. The van der Waals surface area contributed by atoms with Gasteiger partial charge in [0.25, 0.3) is 0 Å². The molecule has 1 N–H and O–H groups in total. The van der Waals surface area contributed by atoms with E-state index in [-0.39, 0.29) is 16.6 Å². The van der Waals surface area contributed by atoms with Crippen LogP contribution in [0.5, 0.6) is 5.75 Å². The van der Waals surface area contributed by atoms with Gasteiger partial charge in [-0.1, -0.05) is 178 Å². The number of nitrogens with zero attached hydrogens (tertiary/aromatic N) is 3. The Morgan fingerprint density at radius 2 is 1.14 bits per heavy atom. The molecule has 9 aromatic rings. The highest BCUT2D eigenvalue weighted by atomic mass is 16.3. The van der Waals surface area contributed by atoms with Crippen LogP contribution in [0, 0.1) is 5.41 Å². The molecule has 7 aromatic carbocycles. The molecule has 0 fully saturated rings. The van der Waals surface area contributed by atoms with Crippen LogP contribution in [0.4, 0.5) is 0 Å². The van der Waals surface area contributed by atoms with Gasteiger partial charge in [0.2, 0.25) is 0 Å². The molecule has 0 aliphatic carbocycles. The fourth-order valence-corrected chi connectivity index (χ4v) is 8.76. The van der Waals surface area contributed by atoms with Gasteiger partial charge in [-0.25, -0.2) is 4.98 Å². The number of fused-ring (bicyclic) bond motifs is 1. The van der Waals surface area contributed by atoms with Gasteiger partial charge in [0.15, 0.2) is 0 Å². The number of phenolic OH excluding ortho intramolecular Hbond substituents is 1. The van der Waals surface area contributed by atoms with Crippen molar-refractivity contribution < 1.29 is 7.85 Å². The normalized spacial score (nSPS) is 12.9. The summed E-state index contributed by atoms with van der Waals surface area (Å²) < 4.78 is 20.6. The third-order valence-electron chi connectivity index (χ3n) is 13.6. The second-order valence-corrected chi connectivity index (χ2v) is 19.3. The average molecular weight is 852 g/mol. The lowest BCUT2D eigenvalue weighted by Gasteiger charge is -2.40. The lowest BCUT2D eigenvalue weighted by Crippen LogP contribution is -2.34. The fraction of sp³-hybridized carbons (Fsp3) is 0.213. The summed E-state index contributed by atoms with van der Waals surface area (Å²) in [6.45, 7) is 18.7. The number of hydrogen-bond acceptors (Lipinski definition) is 3. The van der Waals surface area contributed by atoms with Crippen molar-refractivity contribution in [3.8, 4) is 78.6 Å². The first kappa shape index (κ1) is 40.7. The molecule has 0 unspecified atom stereocenters. The predicted octanol–water partition coefficient (Wildman–Crippen LogP) is 16.7. The maximum Gasteiger partial charge on any atom is 0.149 e. The SMILES string of the molecule is [2H]C(C)(C)c1cc(-c2nc3c(-c4cc(-c5ccccc5)cc(-c5cc(-c6ccccc6)ccn5)c4)cccc3n2-c2ccc(C(C)(C)C(C)(C)C)cc2-c2ccccc2)c(O)c(C([2H])(C)C)c1. The first-order valence-corrected chi connectivity index (χ1v) is 22.6. The molecule has 0 radical (unpaired) electrons. The van der Waals surface area contributed by atoms with Crippen LogP contribution >= 0.6 is 0 Å². The molecule has 0 amide bonds. The number of phenols is 1. The van der Waals surface area contributed by atoms with Crippen LogP contribution < -0.4 is 0 Å². The van der Waals surface area contributed by atoms with Crippen molar-refractivity contribution >= 4 is 11.0 Å². The van der Waals surface area contributed by atoms with Crippen LogP contribution in [-0.2, 0) is 5.41 Å². The van der Waals surface area contributed by atoms with Gasteiger partial charge in [0.1, 0.15) is 11.6 Å². The molecule has 4 nitrogen and oxygen atoms in total. The van der Waals surface area contributed by atoms with Crippen molar-refractivity contribution in [3.63, 3.8) is 0 Å². The average Bonchev–Trinajstić information content (AvgIpc) is 3.70. The minimum absolute atomic E-state index is 0.0180. The number of pyridine rings is 1. The molecule has 2 aromatic heterocycles. The number of aromatic nitrogens is 3. The highest BCUT2D eigenvalue weighted by Crippen LogP contribution is 2.47. The van der Waals surface area contributed by atoms with Gasteiger partial charge in [-0.3, -0.25) is 9.55 Å². The highest BCUT2D eigenvalue weighted by Gasteiger charge is 2.35. The second kappa shape index (κ2) is 17.2. The van der Waals surface area contributed by atoms with E-state index in [0.29, 0.717) is 22.5 Å². The molecule has 0 aliphatic rings. The van der Waals surface area contributed by atoms with E-state index in [0.717, 1.165) is 72.5 Å². The third kappa shape index (κ3) is 8.19. The molecule has 2 heterocycles. The van der Waals surface area contributed by atoms with Crippen molar-refractivity contribution in [1.82, 2.24) is 14.5 Å². The van der Waals surface area contributed by atoms with Crippen molar-refractivity contribution in [2.45, 2.75) is 79.5 Å². The number of imidazole rings is 1. The Kier molecular flexibility index (Phi) is 10.7. The molecular formula is C61H59N3O. The van der Waals surface area contributed by atoms with Gasteiger partial charge in [0.05, 0.1) is 28.0 Å². The summed E-state index contributed by atoms with van der Waals surface area (Å²) in [6.07, 6.45) is 1.88. The predicted molar refractivity (Wildman–Crippen MR) is 274 cm³/mol. The van der Waals surface area contributed by atoms with Crippen molar-refractivity contribution in [3.05, 3.63) is 193 Å². The zero-order valence-electron chi connectivity index (χ0n) is 41.0. The molecule has 0 bridgehead atoms. The Hall–Kier alpha value is -7.04. The van der Waals surface area contributed by atoms with Gasteiger partial charge >= 0.3 is 0 Å². The summed E-state index contributed by atoms with van der Waals surface area (Å²) >= 11 is 0. The van der Waals surface area contributed by atoms with Crippen LogP contribution in [0.25, 0.3) is 83.9 Å². The smallest absolute Gasteiger partial charge is 0.149 e. The third-order valence-corrected chi connectivity index (χ3v) is 13.6. The minimum atomic E-state index is -1.17. The van der Waals surface area contributed by atoms with E-state index < -0.39 is 11.8 Å². The summed E-state index contributed by atoms with van der Waals surface area (Å²) in [5.74, 6) is -1.69. The molecular weight excluding hydrogens is 791 g/mol. The summed E-state index contributed by atoms with van der Waals surface area (Å²) in [4.78, 5) is 10.5. The molecule has 0 aliphatic heterocycles. The minimum Gasteiger partial charge on any atom is -0.507 e. The number of hydrogen-bond donors (Lipinski definition) is 1. The Morgan fingerprint density at radius 1 is 0.523 bits per heavy atom. The lowest BCUT2D eigenvalue weighted by atomic mass is 9.65. The van der Waals surface area contributed by atoms with E-state index in [1.807, 2.05) is 50.4 Å². The Morgan fingerprint density at radius 3 is 1.77 bits per heavy atom. The highest BCUT2D eigenvalue weighted by molar-refractivity contribution is 5.98. The van der Waals surface area contributed by atoms with E-state index in [1.54, 1.807) is 13.8 Å². The number of rotatable bonds is 10. The monoisotopic (exact) mass is 851 g/mol. The van der Waals surface area contributed by atoms with Gasteiger partial charge in [0, 0.05) is 25.6 Å². The summed E-state index contributed by atoms with van der Waals surface area (Å²) in [7, 11) is 0. The van der Waals surface area contributed by atoms with Gasteiger partial charge < -0.3 is 5.11 Å². The van der Waals surface area contributed by atoms with Crippen LogP contribution in [0.2, 0.25) is 0 Å². The maximum atomic E-state index is 12.5. The van der Waals surface area contributed by atoms with E-state index in [2.05, 4.69) is 179 Å². The van der Waals surface area contributed by atoms with Crippen molar-refractivity contribution in [2.24, 2.45) is 5.41 Å². The van der Waals surface area contributed by atoms with Crippen LogP contribution in [0.3, 0.4) is 0 Å². The first-order chi connectivity index (χ1) is 31.8. The van der Waals surface area contributed by atoms with Crippen molar-refractivity contribution in [1.29, 1.82) is 0 Å². The van der Waals surface area contributed by atoms with Crippen LogP contribution in [0.15, 0.2) is 176 Å². The molecule has 324 valence electrons. The Balaban J connectivity index is 1.37. The van der Waals surface area contributed by atoms with Crippen LogP contribution in [0.1, 0.15) is 93.5 Å². The fourth-order valence-electron chi connectivity index (χ4n) is 8.76. The Bertz CT molecular complexity index is 3260. The summed E-state index contributed by atoms with van der Waals surface area (Å²) in [5, 5.41) is 12.5. The van der Waals surface area contributed by atoms with Gasteiger partial charge in [-0.05, 0) is 127 Å². The summed E-state index contributed by atoms with van der Waals surface area (Å²) in [5.41, 5.74) is 15.2. The molecule has 9 rings (SSSR count). The largest absolute Gasteiger partial charge is 0.507 e. The van der Waals surface area contributed by atoms with Crippen LogP contribution in [-0.4, -0.2) is 19.6 Å². The summed E-state index contributed by atoms with van der Waals surface area (Å²) in [6, 6.07) is 58.9. The molecule has 0 atom stereocenters. The maximum absolute atomic E-state index is 12.5. The van der Waals surface area contributed by atoms with E-state index in [1.165, 1.54) is 5.56 Å².